The summed E-state index contributed by atoms with van der Waals surface area (Å²) in [6.45, 7) is 2.26. The van der Waals surface area contributed by atoms with Crippen LogP contribution in [0.15, 0.2) is 30.3 Å². The molecule has 0 spiro atoms. The molecule has 4 aliphatic rings. The number of ether oxygens (including phenoxy) is 2. The molecule has 4 fully saturated rings. The van der Waals surface area contributed by atoms with Crippen molar-refractivity contribution in [3.8, 4) is 0 Å². The maximum Gasteiger partial charge on any atom is 0.189 e. The van der Waals surface area contributed by atoms with E-state index in [-0.39, 0.29) is 12.1 Å². The molecule has 2 nitrogen and oxygen atoms in total. The molecule has 3 saturated heterocycles. The Morgan fingerprint density at radius 1 is 1.10 bits per heavy atom. The lowest BCUT2D eigenvalue weighted by Crippen LogP contribution is -2.79. The predicted octanol–water partition coefficient (Wildman–Crippen LogP) is 4.46. The van der Waals surface area contributed by atoms with Gasteiger partial charge < -0.3 is 9.47 Å². The third-order valence-electron chi connectivity index (χ3n) is 5.60. The molecule has 5 rings (SSSR count). The van der Waals surface area contributed by atoms with Gasteiger partial charge in [-0.25, -0.2) is 0 Å². The number of hydrogen-bond acceptors (Lipinski definition) is 2. The molecule has 1 saturated carbocycles. The minimum absolute atomic E-state index is 0.0924. The maximum atomic E-state index is 6.07. The summed E-state index contributed by atoms with van der Waals surface area (Å²) in [5.41, 5.74) is 1.41. The summed E-state index contributed by atoms with van der Waals surface area (Å²) in [5, 5.41) is 0. The van der Waals surface area contributed by atoms with Crippen LogP contribution in [0.2, 0.25) is 0 Å². The topological polar surface area (TPSA) is 18.5 Å². The monoisotopic (exact) mass is 272 g/mol. The minimum atomic E-state index is -0.289. The van der Waals surface area contributed by atoms with Crippen LogP contribution in [0, 0.1) is 11.8 Å². The Morgan fingerprint density at radius 3 is 2.35 bits per heavy atom. The zero-order valence-corrected chi connectivity index (χ0v) is 12.3. The summed E-state index contributed by atoms with van der Waals surface area (Å²) in [6, 6.07) is 10.9. The first kappa shape index (κ1) is 12.8. The van der Waals surface area contributed by atoms with Crippen molar-refractivity contribution in [1.82, 2.24) is 0 Å². The second-order valence-electron chi connectivity index (χ2n) is 6.63. The number of benzene rings is 1. The fraction of sp³-hybridized carbons (Fsp3) is 0.667. The van der Waals surface area contributed by atoms with Gasteiger partial charge in [-0.15, -0.1) is 0 Å². The van der Waals surface area contributed by atoms with Gasteiger partial charge >= 0.3 is 0 Å². The summed E-state index contributed by atoms with van der Waals surface area (Å²) in [7, 11) is 0. The van der Waals surface area contributed by atoms with Crippen LogP contribution >= 0.6 is 0 Å². The third kappa shape index (κ3) is 1.71. The van der Waals surface area contributed by atoms with E-state index < -0.39 is 0 Å². The van der Waals surface area contributed by atoms with Gasteiger partial charge in [0.1, 0.15) is 0 Å². The summed E-state index contributed by atoms with van der Waals surface area (Å²) in [6.07, 6.45) is 8.04. The molecule has 1 aromatic rings. The molecule has 1 aliphatic carbocycles. The SMILES string of the molecule is CCC1C2OC1(C(c1ccccc1)C1CCCCC1)O2. The first-order valence-electron chi connectivity index (χ1n) is 8.25. The van der Waals surface area contributed by atoms with Crippen molar-refractivity contribution in [2.45, 2.75) is 63.4 Å². The van der Waals surface area contributed by atoms with Crippen LogP contribution in [0.4, 0.5) is 0 Å². The van der Waals surface area contributed by atoms with Gasteiger partial charge in [-0.2, -0.15) is 0 Å². The van der Waals surface area contributed by atoms with Gasteiger partial charge in [-0.05, 0) is 30.7 Å². The lowest BCUT2D eigenvalue weighted by molar-refractivity contribution is -0.600. The van der Waals surface area contributed by atoms with E-state index in [0.717, 1.165) is 5.92 Å². The van der Waals surface area contributed by atoms with Crippen molar-refractivity contribution in [3.05, 3.63) is 35.9 Å². The molecular formula is C18H24O2. The molecule has 1 aromatic carbocycles. The highest BCUT2D eigenvalue weighted by atomic mass is 16.9. The van der Waals surface area contributed by atoms with Gasteiger partial charge in [0.25, 0.3) is 0 Å². The molecule has 3 heterocycles. The molecule has 2 atom stereocenters. The van der Waals surface area contributed by atoms with Crippen LogP contribution < -0.4 is 0 Å². The molecule has 3 aliphatic heterocycles. The highest BCUT2D eigenvalue weighted by molar-refractivity contribution is 5.27. The van der Waals surface area contributed by atoms with Crippen LogP contribution in [0.3, 0.4) is 0 Å². The Hall–Kier alpha value is -0.860. The van der Waals surface area contributed by atoms with E-state index in [4.69, 9.17) is 9.47 Å². The molecule has 0 radical (unpaired) electrons. The summed E-state index contributed by atoms with van der Waals surface area (Å²) in [5.74, 6) is 1.47. The molecule has 108 valence electrons. The van der Waals surface area contributed by atoms with Gasteiger partial charge in [0.15, 0.2) is 12.1 Å². The van der Waals surface area contributed by atoms with E-state index in [9.17, 15) is 0 Å². The zero-order chi connectivity index (χ0) is 13.6. The average Bonchev–Trinajstić information content (AvgIpc) is 2.44. The predicted molar refractivity (Wildman–Crippen MR) is 78.2 cm³/mol. The van der Waals surface area contributed by atoms with Gasteiger partial charge in [-0.3, -0.25) is 0 Å². The van der Waals surface area contributed by atoms with Crippen LogP contribution in [-0.2, 0) is 9.47 Å². The van der Waals surface area contributed by atoms with E-state index in [1.807, 2.05) is 0 Å². The fourth-order valence-corrected chi connectivity index (χ4v) is 4.57. The fourth-order valence-electron chi connectivity index (χ4n) is 4.57. The summed E-state index contributed by atoms with van der Waals surface area (Å²) < 4.78 is 12.1. The standard InChI is InChI=1S/C18H24O2/c1-2-15-17-19-18(15,20-17)16(13-9-5-3-6-10-13)14-11-7-4-8-12-14/h3,5-6,9-10,14-17H,2,4,7-8,11-12H2,1H3. The minimum Gasteiger partial charge on any atom is -0.319 e. The van der Waals surface area contributed by atoms with Gasteiger partial charge in [0, 0.05) is 5.92 Å². The van der Waals surface area contributed by atoms with Gasteiger partial charge in [-0.1, -0.05) is 56.5 Å². The number of hydrogen-bond donors (Lipinski definition) is 0. The summed E-state index contributed by atoms with van der Waals surface area (Å²) in [4.78, 5) is 0. The summed E-state index contributed by atoms with van der Waals surface area (Å²) >= 11 is 0. The molecule has 0 N–H and O–H groups in total. The van der Waals surface area contributed by atoms with Crippen molar-refractivity contribution < 1.29 is 9.47 Å². The van der Waals surface area contributed by atoms with E-state index in [0.29, 0.717) is 11.8 Å². The lowest BCUT2D eigenvalue weighted by Gasteiger charge is -2.69. The lowest BCUT2D eigenvalue weighted by atomic mass is 9.64. The Bertz CT molecular complexity index is 458. The van der Waals surface area contributed by atoms with Gasteiger partial charge in [0.05, 0.1) is 5.92 Å². The Morgan fingerprint density at radius 2 is 1.80 bits per heavy atom. The quantitative estimate of drug-likeness (QED) is 0.805. The third-order valence-corrected chi connectivity index (χ3v) is 5.60. The van der Waals surface area contributed by atoms with E-state index >= 15 is 0 Å². The molecule has 0 aromatic heterocycles. The van der Waals surface area contributed by atoms with E-state index in [1.165, 1.54) is 44.1 Å². The molecule has 2 heteroatoms. The van der Waals surface area contributed by atoms with Crippen LogP contribution in [0.25, 0.3) is 0 Å². The van der Waals surface area contributed by atoms with Crippen LogP contribution in [0.1, 0.15) is 56.9 Å². The van der Waals surface area contributed by atoms with Crippen LogP contribution in [0.5, 0.6) is 0 Å². The first-order chi connectivity index (χ1) is 9.85. The Kier molecular flexibility index (Phi) is 3.12. The average molecular weight is 272 g/mol. The second-order valence-corrected chi connectivity index (χ2v) is 6.63. The molecule has 2 unspecified atom stereocenters. The van der Waals surface area contributed by atoms with E-state index in [2.05, 4.69) is 37.3 Å². The van der Waals surface area contributed by atoms with Crippen molar-refractivity contribution in [1.29, 1.82) is 0 Å². The molecule has 2 bridgehead atoms. The van der Waals surface area contributed by atoms with Crippen LogP contribution in [-0.4, -0.2) is 12.1 Å². The largest absolute Gasteiger partial charge is 0.319 e. The van der Waals surface area contributed by atoms with Gasteiger partial charge in [0.2, 0.25) is 0 Å². The maximum absolute atomic E-state index is 6.07. The van der Waals surface area contributed by atoms with Crippen molar-refractivity contribution in [2.75, 3.05) is 0 Å². The Labute approximate surface area is 121 Å². The van der Waals surface area contributed by atoms with E-state index in [1.54, 1.807) is 0 Å². The Balaban J connectivity index is 1.66. The van der Waals surface area contributed by atoms with Crippen molar-refractivity contribution in [3.63, 3.8) is 0 Å². The molecule has 20 heavy (non-hydrogen) atoms. The molecule has 0 amide bonds. The smallest absolute Gasteiger partial charge is 0.189 e. The first-order valence-corrected chi connectivity index (χ1v) is 8.25. The second kappa shape index (κ2) is 4.85. The van der Waals surface area contributed by atoms with Crippen molar-refractivity contribution in [2.24, 2.45) is 11.8 Å². The normalized spacial score (nSPS) is 37.9. The highest BCUT2D eigenvalue weighted by Gasteiger charge is 2.73. The number of rotatable bonds is 4. The zero-order valence-electron chi connectivity index (χ0n) is 12.3. The molecular weight excluding hydrogens is 248 g/mol. The highest BCUT2D eigenvalue weighted by Crippen LogP contribution is 2.64. The van der Waals surface area contributed by atoms with Crippen molar-refractivity contribution >= 4 is 0 Å².